The van der Waals surface area contributed by atoms with Crippen molar-refractivity contribution in [1.29, 1.82) is 0 Å². The van der Waals surface area contributed by atoms with Crippen molar-refractivity contribution in [3.63, 3.8) is 0 Å². The summed E-state index contributed by atoms with van der Waals surface area (Å²) in [5, 5.41) is 10.9. The molecular weight excluding hydrogens is 336 g/mol. The zero-order valence-corrected chi connectivity index (χ0v) is 16.0. The quantitative estimate of drug-likeness (QED) is 0.891. The maximum absolute atomic E-state index is 13.5. The zero-order chi connectivity index (χ0) is 18.2. The largest absolute Gasteiger partial charge is 0.390 e. The minimum atomic E-state index is -0.423. The average Bonchev–Trinajstić information content (AvgIpc) is 3.12. The molecule has 4 saturated carbocycles. The molecular formula is C23H30N2O2. The Labute approximate surface area is 161 Å². The van der Waals surface area contributed by atoms with Crippen LogP contribution in [0.4, 0.5) is 4.79 Å². The number of hydrogen-bond acceptors (Lipinski definition) is 2. The van der Waals surface area contributed by atoms with Gasteiger partial charge in [-0.15, -0.1) is 0 Å². The van der Waals surface area contributed by atoms with Crippen LogP contribution in [-0.2, 0) is 6.42 Å². The first kappa shape index (κ1) is 16.4. The third kappa shape index (κ3) is 2.35. The van der Waals surface area contributed by atoms with Crippen LogP contribution in [0.15, 0.2) is 30.3 Å². The molecule has 0 radical (unpaired) electrons. The van der Waals surface area contributed by atoms with Gasteiger partial charge in [-0.05, 0) is 74.7 Å². The summed E-state index contributed by atoms with van der Waals surface area (Å²) in [5.41, 5.74) is 0.913. The summed E-state index contributed by atoms with van der Waals surface area (Å²) in [5.74, 6) is 1.72. The lowest BCUT2D eigenvalue weighted by atomic mass is 9.52. The van der Waals surface area contributed by atoms with E-state index in [0.717, 1.165) is 51.6 Å². The Morgan fingerprint density at radius 1 is 1.07 bits per heavy atom. The second kappa shape index (κ2) is 5.50. The molecule has 2 heterocycles. The standard InChI is InChI=1S/C23H30N2O2/c26-21-24(20-18-9-17-10-19(20)14-23(27,12-17)13-18)15-22(7-4-8-25(21)22)11-16-5-2-1-3-6-16/h1-3,5-6,17-20,27H,4,7-15H2/t17?,18?,19?,20?,22-,23?/m1/s1. The Balaban J connectivity index is 1.30. The van der Waals surface area contributed by atoms with Crippen molar-refractivity contribution in [2.45, 2.75) is 68.5 Å². The number of amides is 2. The van der Waals surface area contributed by atoms with Crippen LogP contribution in [0.25, 0.3) is 0 Å². The predicted molar refractivity (Wildman–Crippen MR) is 103 cm³/mol. The summed E-state index contributed by atoms with van der Waals surface area (Å²) in [7, 11) is 0. The van der Waals surface area contributed by atoms with Crippen molar-refractivity contribution in [3.05, 3.63) is 35.9 Å². The van der Waals surface area contributed by atoms with E-state index in [2.05, 4.69) is 40.1 Å². The highest BCUT2D eigenvalue weighted by atomic mass is 16.3. The van der Waals surface area contributed by atoms with Crippen LogP contribution in [-0.4, -0.2) is 51.2 Å². The number of rotatable bonds is 3. The SMILES string of the molecule is O=C1N(C2C3CC4CC2CC(O)(C4)C3)C[C@]2(Cc3ccccc3)CCCN12. The first-order valence-electron chi connectivity index (χ1n) is 10.9. The number of carbonyl (C=O) groups excluding carboxylic acids is 1. The van der Waals surface area contributed by atoms with Crippen molar-refractivity contribution in [1.82, 2.24) is 9.80 Å². The smallest absolute Gasteiger partial charge is 0.320 e. The Hall–Kier alpha value is -1.55. The van der Waals surface area contributed by atoms with E-state index in [0.29, 0.717) is 23.8 Å². The van der Waals surface area contributed by atoms with E-state index >= 15 is 0 Å². The molecule has 0 spiro atoms. The van der Waals surface area contributed by atoms with Gasteiger partial charge in [0.25, 0.3) is 0 Å². The number of carbonyl (C=O) groups is 1. The summed E-state index contributed by atoms with van der Waals surface area (Å²) >= 11 is 0. The molecule has 4 aliphatic carbocycles. The molecule has 6 fully saturated rings. The summed E-state index contributed by atoms with van der Waals surface area (Å²) < 4.78 is 0. The van der Waals surface area contributed by atoms with E-state index in [1.807, 2.05) is 0 Å². The topological polar surface area (TPSA) is 43.8 Å². The lowest BCUT2D eigenvalue weighted by Crippen LogP contribution is -2.62. The number of nitrogens with zero attached hydrogens (tertiary/aromatic N) is 2. The van der Waals surface area contributed by atoms with Crippen LogP contribution in [0.3, 0.4) is 0 Å². The minimum Gasteiger partial charge on any atom is -0.390 e. The highest BCUT2D eigenvalue weighted by Crippen LogP contribution is 2.58. The molecule has 4 heteroatoms. The Morgan fingerprint density at radius 3 is 2.52 bits per heavy atom. The van der Waals surface area contributed by atoms with Gasteiger partial charge in [-0.1, -0.05) is 30.3 Å². The van der Waals surface area contributed by atoms with Gasteiger partial charge >= 0.3 is 6.03 Å². The normalized spacial score (nSPS) is 45.0. The summed E-state index contributed by atoms with van der Waals surface area (Å²) in [4.78, 5) is 17.9. The first-order valence-corrected chi connectivity index (χ1v) is 10.9. The van der Waals surface area contributed by atoms with Gasteiger partial charge < -0.3 is 14.9 Å². The van der Waals surface area contributed by atoms with Crippen molar-refractivity contribution in [2.24, 2.45) is 17.8 Å². The Bertz CT molecular complexity index is 749. The number of hydrogen-bond donors (Lipinski definition) is 1. The molecule has 144 valence electrons. The third-order valence-electron chi connectivity index (χ3n) is 8.46. The van der Waals surface area contributed by atoms with Gasteiger partial charge in [-0.3, -0.25) is 0 Å². The molecule has 2 amide bonds. The monoisotopic (exact) mass is 366 g/mol. The van der Waals surface area contributed by atoms with Crippen LogP contribution in [0.5, 0.6) is 0 Å². The van der Waals surface area contributed by atoms with E-state index in [4.69, 9.17) is 0 Å². The van der Waals surface area contributed by atoms with Crippen LogP contribution in [0.1, 0.15) is 50.5 Å². The van der Waals surface area contributed by atoms with Gasteiger partial charge in [0.2, 0.25) is 0 Å². The lowest BCUT2D eigenvalue weighted by molar-refractivity contribution is -0.152. The van der Waals surface area contributed by atoms with Crippen molar-refractivity contribution < 1.29 is 9.90 Å². The fourth-order valence-corrected chi connectivity index (χ4v) is 7.85. The Morgan fingerprint density at radius 2 is 1.81 bits per heavy atom. The van der Waals surface area contributed by atoms with Crippen molar-refractivity contribution in [3.8, 4) is 0 Å². The van der Waals surface area contributed by atoms with E-state index in [1.54, 1.807) is 0 Å². The number of urea groups is 1. The molecule has 2 unspecified atom stereocenters. The lowest BCUT2D eigenvalue weighted by Gasteiger charge is -2.59. The summed E-state index contributed by atoms with van der Waals surface area (Å²) in [6, 6.07) is 11.4. The van der Waals surface area contributed by atoms with E-state index in [9.17, 15) is 9.90 Å². The number of benzene rings is 1. The molecule has 1 aromatic carbocycles. The molecule has 4 nitrogen and oxygen atoms in total. The second-order valence-corrected chi connectivity index (χ2v) is 10.2. The second-order valence-electron chi connectivity index (χ2n) is 10.2. The maximum Gasteiger partial charge on any atom is 0.320 e. The number of fused-ring (bicyclic) bond motifs is 1. The Kier molecular flexibility index (Phi) is 3.34. The van der Waals surface area contributed by atoms with E-state index in [1.165, 1.54) is 18.4 Å². The molecule has 27 heavy (non-hydrogen) atoms. The van der Waals surface area contributed by atoms with Gasteiger partial charge in [0.1, 0.15) is 0 Å². The molecule has 4 bridgehead atoms. The minimum absolute atomic E-state index is 0.00992. The molecule has 2 aliphatic heterocycles. The fraction of sp³-hybridized carbons (Fsp3) is 0.696. The van der Waals surface area contributed by atoms with Gasteiger partial charge in [0.05, 0.1) is 11.1 Å². The van der Waals surface area contributed by atoms with Crippen molar-refractivity contribution >= 4 is 6.03 Å². The molecule has 6 aliphatic rings. The third-order valence-corrected chi connectivity index (χ3v) is 8.46. The van der Waals surface area contributed by atoms with E-state index in [-0.39, 0.29) is 11.6 Å². The van der Waals surface area contributed by atoms with E-state index < -0.39 is 5.60 Å². The molecule has 3 atom stereocenters. The fourth-order valence-electron chi connectivity index (χ4n) is 7.85. The molecule has 2 saturated heterocycles. The molecule has 1 N–H and O–H groups in total. The number of aliphatic hydroxyl groups is 1. The molecule has 7 rings (SSSR count). The average molecular weight is 367 g/mol. The highest BCUT2D eigenvalue weighted by Gasteiger charge is 2.61. The van der Waals surface area contributed by atoms with Gasteiger partial charge in [-0.2, -0.15) is 0 Å². The van der Waals surface area contributed by atoms with Gasteiger partial charge in [0.15, 0.2) is 0 Å². The van der Waals surface area contributed by atoms with Crippen molar-refractivity contribution in [2.75, 3.05) is 13.1 Å². The van der Waals surface area contributed by atoms with Crippen LogP contribution < -0.4 is 0 Å². The first-order chi connectivity index (χ1) is 13.1. The highest BCUT2D eigenvalue weighted by molar-refractivity contribution is 5.79. The molecule has 0 aromatic heterocycles. The molecule has 1 aromatic rings. The summed E-state index contributed by atoms with van der Waals surface area (Å²) in [6.07, 6.45) is 8.51. The van der Waals surface area contributed by atoms with Gasteiger partial charge in [0, 0.05) is 19.1 Å². The van der Waals surface area contributed by atoms with Crippen LogP contribution >= 0.6 is 0 Å². The summed E-state index contributed by atoms with van der Waals surface area (Å²) in [6.45, 7) is 1.80. The maximum atomic E-state index is 13.5. The zero-order valence-electron chi connectivity index (χ0n) is 16.0. The van der Waals surface area contributed by atoms with Crippen LogP contribution in [0.2, 0.25) is 0 Å². The van der Waals surface area contributed by atoms with Gasteiger partial charge in [-0.25, -0.2) is 4.79 Å². The predicted octanol–water partition coefficient (Wildman–Crippen LogP) is 3.44. The van der Waals surface area contributed by atoms with Crippen LogP contribution in [0, 0.1) is 17.8 Å².